The van der Waals surface area contributed by atoms with Gasteiger partial charge in [0.05, 0.1) is 10.5 Å². The number of carbonyl (C=O) groups is 2. The van der Waals surface area contributed by atoms with Crippen molar-refractivity contribution in [1.29, 1.82) is 0 Å². The number of ether oxygens (including phenoxy) is 1. The summed E-state index contributed by atoms with van der Waals surface area (Å²) in [4.78, 5) is 38.3. The number of halogens is 1. The third-order valence-electron chi connectivity index (χ3n) is 3.99. The topological polar surface area (TPSA) is 123 Å². The van der Waals surface area contributed by atoms with Crippen molar-refractivity contribution < 1.29 is 23.6 Å². The number of aromatic nitrogens is 1. The zero-order chi connectivity index (χ0) is 20.3. The summed E-state index contributed by atoms with van der Waals surface area (Å²) in [5, 5.41) is 16.3. The van der Waals surface area contributed by atoms with E-state index in [1.807, 2.05) is 0 Å². The van der Waals surface area contributed by atoms with Gasteiger partial charge >= 0.3 is 11.7 Å². The molecular formula is C18H17FN4O5. The van der Waals surface area contributed by atoms with Crippen molar-refractivity contribution in [2.45, 2.75) is 31.9 Å². The van der Waals surface area contributed by atoms with Crippen molar-refractivity contribution in [2.24, 2.45) is 0 Å². The van der Waals surface area contributed by atoms with Gasteiger partial charge in [0.1, 0.15) is 5.82 Å². The number of hydrogen-bond donors (Lipinski definition) is 2. The number of rotatable bonds is 7. The lowest BCUT2D eigenvalue weighted by Crippen LogP contribution is -2.30. The van der Waals surface area contributed by atoms with Crippen LogP contribution in [0.5, 0.6) is 0 Å². The molecule has 2 N–H and O–H groups in total. The number of carbonyl (C=O) groups excluding carboxylic acids is 2. The summed E-state index contributed by atoms with van der Waals surface area (Å²) in [5.74, 6) is -1.82. The van der Waals surface area contributed by atoms with Crippen molar-refractivity contribution in [3.8, 4) is 0 Å². The molecule has 0 unspecified atom stereocenters. The van der Waals surface area contributed by atoms with E-state index < -0.39 is 34.4 Å². The van der Waals surface area contributed by atoms with Gasteiger partial charge in [0.25, 0.3) is 5.91 Å². The molecule has 1 aliphatic rings. The first kappa shape index (κ1) is 19.2. The number of nitro groups is 1. The Morgan fingerprint density at radius 2 is 2.07 bits per heavy atom. The first-order chi connectivity index (χ1) is 13.3. The molecule has 1 aromatic carbocycles. The monoisotopic (exact) mass is 388 g/mol. The summed E-state index contributed by atoms with van der Waals surface area (Å²) in [6.07, 6.45) is 2.35. The molecule has 0 bridgehead atoms. The largest absolute Gasteiger partial charge is 0.449 e. The maximum absolute atomic E-state index is 13.3. The number of esters is 1. The molecule has 1 aromatic heterocycles. The van der Waals surface area contributed by atoms with Crippen LogP contribution in [0.1, 0.15) is 30.1 Å². The SMILES string of the molecule is C[C@@H](OC(=O)c1ccc(NC2CC2)nc1)C(=O)Nc1ccc(F)c([N+](=O)[O-])c1. The predicted molar refractivity (Wildman–Crippen MR) is 97.4 cm³/mol. The Morgan fingerprint density at radius 3 is 2.68 bits per heavy atom. The van der Waals surface area contributed by atoms with Gasteiger partial charge in [-0.3, -0.25) is 14.9 Å². The quantitative estimate of drug-likeness (QED) is 0.425. The molecule has 2 aromatic rings. The second-order valence-electron chi connectivity index (χ2n) is 6.31. The van der Waals surface area contributed by atoms with E-state index in [1.165, 1.54) is 25.3 Å². The number of nitrogens with one attached hydrogen (secondary N) is 2. The van der Waals surface area contributed by atoms with Crippen LogP contribution < -0.4 is 10.6 Å². The number of hydrogen-bond acceptors (Lipinski definition) is 7. The van der Waals surface area contributed by atoms with Gasteiger partial charge in [0.2, 0.25) is 5.82 Å². The van der Waals surface area contributed by atoms with Gasteiger partial charge in [0.15, 0.2) is 6.10 Å². The standard InChI is InChI=1S/C18H17FN4O5/c1-10(17(24)22-13-5-6-14(19)15(8-13)23(26)27)28-18(25)11-2-7-16(20-9-11)21-12-3-4-12/h2,5-10,12H,3-4H2,1H3,(H,20,21)(H,22,24)/t10-/m1/s1. The van der Waals surface area contributed by atoms with Gasteiger partial charge in [-0.15, -0.1) is 0 Å². The van der Waals surface area contributed by atoms with E-state index in [-0.39, 0.29) is 11.3 Å². The van der Waals surface area contributed by atoms with Crippen molar-refractivity contribution in [1.82, 2.24) is 4.98 Å². The molecule has 0 spiro atoms. The average molecular weight is 388 g/mol. The molecule has 0 aliphatic heterocycles. The fourth-order valence-corrected chi connectivity index (χ4v) is 2.29. The number of anilines is 2. The van der Waals surface area contributed by atoms with Crippen molar-refractivity contribution >= 4 is 29.1 Å². The molecule has 9 nitrogen and oxygen atoms in total. The van der Waals surface area contributed by atoms with Gasteiger partial charge in [-0.2, -0.15) is 4.39 Å². The van der Waals surface area contributed by atoms with Gasteiger partial charge in [0, 0.05) is 24.0 Å². The highest BCUT2D eigenvalue weighted by molar-refractivity contribution is 5.97. The van der Waals surface area contributed by atoms with Crippen LogP contribution in [0, 0.1) is 15.9 Å². The van der Waals surface area contributed by atoms with E-state index in [0.29, 0.717) is 11.9 Å². The Balaban J connectivity index is 1.58. The smallest absolute Gasteiger partial charge is 0.340 e. The highest BCUT2D eigenvalue weighted by atomic mass is 19.1. The number of benzene rings is 1. The lowest BCUT2D eigenvalue weighted by molar-refractivity contribution is -0.387. The van der Waals surface area contributed by atoms with Crippen molar-refractivity contribution in [3.63, 3.8) is 0 Å². The summed E-state index contributed by atoms with van der Waals surface area (Å²) >= 11 is 0. The van der Waals surface area contributed by atoms with Crippen LogP contribution in [0.15, 0.2) is 36.5 Å². The summed E-state index contributed by atoms with van der Waals surface area (Å²) in [7, 11) is 0. The molecule has 0 saturated heterocycles. The Kier molecular flexibility index (Phi) is 5.48. The lowest BCUT2D eigenvalue weighted by Gasteiger charge is -2.13. The molecule has 1 aliphatic carbocycles. The Morgan fingerprint density at radius 1 is 1.32 bits per heavy atom. The van der Waals surface area contributed by atoms with E-state index in [0.717, 1.165) is 25.0 Å². The summed E-state index contributed by atoms with van der Waals surface area (Å²) in [6, 6.07) is 6.54. The zero-order valence-electron chi connectivity index (χ0n) is 14.8. The van der Waals surface area contributed by atoms with Crippen molar-refractivity contribution in [2.75, 3.05) is 10.6 Å². The molecular weight excluding hydrogens is 371 g/mol. The first-order valence-corrected chi connectivity index (χ1v) is 8.52. The molecule has 10 heteroatoms. The second-order valence-corrected chi connectivity index (χ2v) is 6.31. The molecule has 1 atom stereocenters. The van der Waals surface area contributed by atoms with Crippen LogP contribution >= 0.6 is 0 Å². The molecule has 1 saturated carbocycles. The maximum Gasteiger partial charge on any atom is 0.340 e. The van der Waals surface area contributed by atoms with Crippen LogP contribution in [0.25, 0.3) is 0 Å². The van der Waals surface area contributed by atoms with Crippen LogP contribution in [-0.4, -0.2) is 33.9 Å². The minimum absolute atomic E-state index is 0.0122. The third-order valence-corrected chi connectivity index (χ3v) is 3.99. The zero-order valence-corrected chi connectivity index (χ0v) is 14.8. The van der Waals surface area contributed by atoms with E-state index >= 15 is 0 Å². The van der Waals surface area contributed by atoms with Crippen LogP contribution in [0.3, 0.4) is 0 Å². The molecule has 28 heavy (non-hydrogen) atoms. The first-order valence-electron chi connectivity index (χ1n) is 8.52. The number of nitro benzene ring substituents is 1. The summed E-state index contributed by atoms with van der Waals surface area (Å²) < 4.78 is 18.4. The molecule has 1 fully saturated rings. The van der Waals surface area contributed by atoms with E-state index in [4.69, 9.17) is 4.74 Å². The molecule has 1 amide bonds. The van der Waals surface area contributed by atoms with Crippen LogP contribution in [0.2, 0.25) is 0 Å². The predicted octanol–water partition coefficient (Wildman–Crippen LogP) is 2.89. The van der Waals surface area contributed by atoms with Gasteiger partial charge in [-0.1, -0.05) is 0 Å². The fraction of sp³-hybridized carbons (Fsp3) is 0.278. The van der Waals surface area contributed by atoms with Crippen LogP contribution in [-0.2, 0) is 9.53 Å². The lowest BCUT2D eigenvalue weighted by atomic mass is 10.2. The number of nitrogens with zero attached hydrogens (tertiary/aromatic N) is 2. The highest BCUT2D eigenvalue weighted by Gasteiger charge is 2.23. The Labute approximate surface area is 159 Å². The average Bonchev–Trinajstić information content (AvgIpc) is 3.47. The van der Waals surface area contributed by atoms with Crippen LogP contribution in [0.4, 0.5) is 21.6 Å². The highest BCUT2D eigenvalue weighted by Crippen LogP contribution is 2.24. The molecule has 146 valence electrons. The Bertz CT molecular complexity index is 915. The van der Waals surface area contributed by atoms with Gasteiger partial charge < -0.3 is 15.4 Å². The molecule has 0 radical (unpaired) electrons. The number of pyridine rings is 1. The summed E-state index contributed by atoms with van der Waals surface area (Å²) in [6.45, 7) is 1.35. The summed E-state index contributed by atoms with van der Waals surface area (Å²) in [5.41, 5.74) is -0.579. The molecule has 3 rings (SSSR count). The van der Waals surface area contributed by atoms with E-state index in [9.17, 15) is 24.1 Å². The second kappa shape index (κ2) is 7.99. The minimum Gasteiger partial charge on any atom is -0.449 e. The minimum atomic E-state index is -1.18. The van der Waals surface area contributed by atoms with Gasteiger partial charge in [-0.05, 0) is 44.0 Å². The maximum atomic E-state index is 13.3. The Hall–Kier alpha value is -3.56. The van der Waals surface area contributed by atoms with Crippen molar-refractivity contribution in [3.05, 3.63) is 58.0 Å². The van der Waals surface area contributed by atoms with E-state index in [2.05, 4.69) is 15.6 Å². The normalized spacial score (nSPS) is 14.1. The van der Waals surface area contributed by atoms with E-state index in [1.54, 1.807) is 6.07 Å². The van der Waals surface area contributed by atoms with Gasteiger partial charge in [-0.25, -0.2) is 9.78 Å². The third kappa shape index (κ3) is 4.78. The molecule has 1 heterocycles. The fourth-order valence-electron chi connectivity index (χ4n) is 2.29. The number of amides is 1.